The number of sulfonamides is 1. The predicted octanol–water partition coefficient (Wildman–Crippen LogP) is 6.22. The first kappa shape index (κ1) is 23.6. The second-order valence-corrected chi connectivity index (χ2v) is 12.2. The lowest BCUT2D eigenvalue weighted by Crippen LogP contribution is -2.38. The largest absolute Gasteiger partial charge is 0.340 e. The number of benzene rings is 3. The zero-order valence-corrected chi connectivity index (χ0v) is 22.2. The molecule has 1 saturated heterocycles. The van der Waals surface area contributed by atoms with Crippen LogP contribution in [0.15, 0.2) is 71.6 Å². The van der Waals surface area contributed by atoms with Crippen molar-refractivity contribution in [1.82, 2.24) is 17.6 Å². The van der Waals surface area contributed by atoms with Crippen molar-refractivity contribution in [2.45, 2.75) is 37.1 Å². The molecule has 6 rings (SSSR count). The van der Waals surface area contributed by atoms with Gasteiger partial charge in [0.2, 0.25) is 10.0 Å². The SMILES string of the molecule is Cc1c(C2CCN(S(=O)(=O)c3cccc4nsnc34)CC2)c2ccccc2n1Cc1cccc(Cl)c1. The van der Waals surface area contributed by atoms with Gasteiger partial charge in [-0.15, -0.1) is 0 Å². The average Bonchev–Trinajstić information content (AvgIpc) is 3.47. The van der Waals surface area contributed by atoms with E-state index in [0.29, 0.717) is 30.0 Å². The van der Waals surface area contributed by atoms with Gasteiger partial charge in [0.05, 0.1) is 11.7 Å². The summed E-state index contributed by atoms with van der Waals surface area (Å²) in [6.45, 7) is 3.88. The van der Waals surface area contributed by atoms with Crippen molar-refractivity contribution >= 4 is 55.3 Å². The summed E-state index contributed by atoms with van der Waals surface area (Å²) in [5, 5.41) is 1.98. The molecule has 0 radical (unpaired) electrons. The number of hydrogen-bond acceptors (Lipinski definition) is 5. The summed E-state index contributed by atoms with van der Waals surface area (Å²) < 4.78 is 39.4. The van der Waals surface area contributed by atoms with Crippen molar-refractivity contribution in [3.8, 4) is 0 Å². The molecule has 36 heavy (non-hydrogen) atoms. The van der Waals surface area contributed by atoms with E-state index in [-0.39, 0.29) is 4.90 Å². The molecular weight excluding hydrogens is 512 g/mol. The summed E-state index contributed by atoms with van der Waals surface area (Å²) in [5.74, 6) is 0.290. The number of rotatable bonds is 5. The summed E-state index contributed by atoms with van der Waals surface area (Å²) in [6.07, 6.45) is 1.55. The highest BCUT2D eigenvalue weighted by Gasteiger charge is 2.33. The molecule has 3 aromatic carbocycles. The zero-order chi connectivity index (χ0) is 24.9. The Balaban J connectivity index is 1.30. The van der Waals surface area contributed by atoms with Crippen molar-refractivity contribution in [2.24, 2.45) is 0 Å². The molecule has 3 heterocycles. The minimum Gasteiger partial charge on any atom is -0.340 e. The molecule has 184 valence electrons. The molecular formula is C27H25ClN4O2S2. The lowest BCUT2D eigenvalue weighted by atomic mass is 9.88. The number of piperidine rings is 1. The Hall–Kier alpha value is -2.78. The fraction of sp³-hybridized carbons (Fsp3) is 0.259. The van der Waals surface area contributed by atoms with E-state index in [4.69, 9.17) is 11.6 Å². The molecule has 1 aliphatic heterocycles. The third kappa shape index (κ3) is 4.02. The van der Waals surface area contributed by atoms with Crippen LogP contribution in [-0.2, 0) is 16.6 Å². The minimum absolute atomic E-state index is 0.251. The number of halogens is 1. The van der Waals surface area contributed by atoms with Gasteiger partial charge in [0.25, 0.3) is 0 Å². The molecule has 6 nitrogen and oxygen atoms in total. The first-order valence-corrected chi connectivity index (χ1v) is 14.5. The number of hydrogen-bond donors (Lipinski definition) is 0. The van der Waals surface area contributed by atoms with Crippen LogP contribution in [0.2, 0.25) is 5.02 Å². The fourth-order valence-corrected chi connectivity index (χ4v) is 7.94. The Morgan fingerprint density at radius 1 is 1.00 bits per heavy atom. The summed E-state index contributed by atoms with van der Waals surface area (Å²) in [4.78, 5) is 0.251. The van der Waals surface area contributed by atoms with Crippen LogP contribution in [0.4, 0.5) is 0 Å². The first-order valence-electron chi connectivity index (χ1n) is 12.0. The molecule has 0 saturated carbocycles. The monoisotopic (exact) mass is 536 g/mol. The third-order valence-corrected chi connectivity index (χ3v) is 9.95. The Morgan fingerprint density at radius 2 is 1.78 bits per heavy atom. The second-order valence-electron chi connectivity index (χ2n) is 9.30. The molecule has 0 atom stereocenters. The van der Waals surface area contributed by atoms with Gasteiger partial charge in [-0.2, -0.15) is 13.1 Å². The van der Waals surface area contributed by atoms with Gasteiger partial charge < -0.3 is 4.57 Å². The lowest BCUT2D eigenvalue weighted by molar-refractivity contribution is 0.320. The lowest BCUT2D eigenvalue weighted by Gasteiger charge is -2.31. The van der Waals surface area contributed by atoms with Crippen molar-refractivity contribution < 1.29 is 8.42 Å². The molecule has 0 unspecified atom stereocenters. The maximum atomic E-state index is 13.5. The van der Waals surface area contributed by atoms with Crippen LogP contribution in [-0.4, -0.2) is 39.1 Å². The second kappa shape index (κ2) is 9.27. The van der Waals surface area contributed by atoms with Gasteiger partial charge in [0.15, 0.2) is 0 Å². The molecule has 2 aromatic heterocycles. The number of para-hydroxylation sites is 1. The highest BCUT2D eigenvalue weighted by molar-refractivity contribution is 7.89. The molecule has 0 N–H and O–H groups in total. The van der Waals surface area contributed by atoms with Crippen molar-refractivity contribution in [3.05, 3.63) is 88.6 Å². The minimum atomic E-state index is -3.64. The van der Waals surface area contributed by atoms with E-state index in [1.807, 2.05) is 18.2 Å². The topological polar surface area (TPSA) is 68.1 Å². The summed E-state index contributed by atoms with van der Waals surface area (Å²) in [5.41, 5.74) is 6.00. The molecule has 0 bridgehead atoms. The van der Waals surface area contributed by atoms with E-state index < -0.39 is 10.0 Å². The summed E-state index contributed by atoms with van der Waals surface area (Å²) >= 11 is 7.29. The molecule has 0 aliphatic carbocycles. The Labute approximate surface area is 219 Å². The Kier molecular flexibility index (Phi) is 6.08. The van der Waals surface area contributed by atoms with Crippen LogP contribution in [0.1, 0.15) is 35.6 Å². The van der Waals surface area contributed by atoms with Crippen molar-refractivity contribution in [3.63, 3.8) is 0 Å². The number of fused-ring (bicyclic) bond motifs is 2. The van der Waals surface area contributed by atoms with Gasteiger partial charge >= 0.3 is 0 Å². The van der Waals surface area contributed by atoms with E-state index in [1.54, 1.807) is 22.5 Å². The Bertz CT molecular complexity index is 1680. The first-order chi connectivity index (χ1) is 17.4. The summed E-state index contributed by atoms with van der Waals surface area (Å²) in [7, 11) is -3.64. The standard InChI is InChI=1S/C27H25ClN4O2S2/c1-18-26(22-8-2-3-10-24(22)32(18)17-19-6-4-7-21(28)16-19)20-12-14-31(15-13-20)36(33,34)25-11-5-9-23-27(25)30-35-29-23/h2-11,16,20H,12-15,17H2,1H3. The van der Waals surface area contributed by atoms with Crippen molar-refractivity contribution in [2.75, 3.05) is 13.1 Å². The fourth-order valence-electron chi connectivity index (χ4n) is 5.51. The third-order valence-electron chi connectivity index (χ3n) is 7.24. The molecule has 9 heteroatoms. The predicted molar refractivity (Wildman–Crippen MR) is 145 cm³/mol. The van der Waals surface area contributed by atoms with E-state index in [0.717, 1.165) is 41.7 Å². The van der Waals surface area contributed by atoms with Gasteiger partial charge in [-0.25, -0.2) is 8.42 Å². The van der Waals surface area contributed by atoms with Gasteiger partial charge in [-0.05, 0) is 67.1 Å². The maximum Gasteiger partial charge on any atom is 0.245 e. The van der Waals surface area contributed by atoms with Crippen LogP contribution in [0.5, 0.6) is 0 Å². The normalized spacial score (nSPS) is 15.7. The number of aromatic nitrogens is 3. The van der Waals surface area contributed by atoms with Crippen LogP contribution in [0.25, 0.3) is 21.9 Å². The maximum absolute atomic E-state index is 13.5. The van der Waals surface area contributed by atoms with Crippen LogP contribution in [0, 0.1) is 6.92 Å². The van der Waals surface area contributed by atoms with Gasteiger partial charge in [0.1, 0.15) is 15.9 Å². The average molecular weight is 537 g/mol. The van der Waals surface area contributed by atoms with Crippen LogP contribution >= 0.6 is 23.3 Å². The van der Waals surface area contributed by atoms with E-state index in [9.17, 15) is 8.42 Å². The van der Waals surface area contributed by atoms with Gasteiger partial charge in [0, 0.05) is 41.3 Å². The number of nitrogens with zero attached hydrogens (tertiary/aromatic N) is 4. The molecule has 0 amide bonds. The van der Waals surface area contributed by atoms with Gasteiger partial charge in [-0.3, -0.25) is 0 Å². The summed E-state index contributed by atoms with van der Waals surface area (Å²) in [6, 6.07) is 21.7. The molecule has 0 spiro atoms. The van der Waals surface area contributed by atoms with E-state index >= 15 is 0 Å². The van der Waals surface area contributed by atoms with Crippen LogP contribution < -0.4 is 0 Å². The smallest absolute Gasteiger partial charge is 0.245 e. The van der Waals surface area contributed by atoms with E-state index in [2.05, 4.69) is 50.6 Å². The molecule has 1 aliphatic rings. The van der Waals surface area contributed by atoms with Crippen molar-refractivity contribution in [1.29, 1.82) is 0 Å². The quantitative estimate of drug-likeness (QED) is 0.267. The van der Waals surface area contributed by atoms with Gasteiger partial charge in [-0.1, -0.05) is 48.0 Å². The Morgan fingerprint density at radius 3 is 2.58 bits per heavy atom. The zero-order valence-electron chi connectivity index (χ0n) is 19.8. The van der Waals surface area contributed by atoms with E-state index in [1.165, 1.54) is 22.2 Å². The highest BCUT2D eigenvalue weighted by Crippen LogP contribution is 2.39. The molecule has 1 fully saturated rings. The highest BCUT2D eigenvalue weighted by atomic mass is 35.5. The molecule has 5 aromatic rings. The van der Waals surface area contributed by atoms with Crippen LogP contribution in [0.3, 0.4) is 0 Å².